The van der Waals surface area contributed by atoms with Gasteiger partial charge < -0.3 is 40.2 Å². The number of carbonyl (C=O) groups excluding carboxylic acids is 2. The molecule has 4 heterocycles. The third kappa shape index (κ3) is 7.42. The molecule has 2 aliphatic heterocycles. The first-order valence-electron chi connectivity index (χ1n) is 15.3. The van der Waals surface area contributed by atoms with E-state index in [-0.39, 0.29) is 12.1 Å². The number of carbonyl (C=O) groups is 2. The van der Waals surface area contributed by atoms with Crippen LogP contribution in [0.2, 0.25) is 10.0 Å². The van der Waals surface area contributed by atoms with Crippen molar-refractivity contribution >= 4 is 35.4 Å². The molecule has 6 rings (SSSR count). The third-order valence-electron chi connectivity index (χ3n) is 7.99. The molecule has 0 spiro atoms. The minimum Gasteiger partial charge on any atom is -0.481 e. The molecule has 48 heavy (non-hydrogen) atoms. The molecule has 12 nitrogen and oxygen atoms in total. The SMILES string of the molecule is COc1nc(-c2cccc(-c3cccc(-c4ccc(CNC[C@H]5COC(=O)N5)c(OC)n4)c3Cl)c2Cl)ccc1CNC[C@@H]1COC(=O)N1. The van der Waals surface area contributed by atoms with Crippen molar-refractivity contribution in [3.8, 4) is 45.4 Å². The predicted molar refractivity (Wildman–Crippen MR) is 181 cm³/mol. The molecular weight excluding hydrogens is 659 g/mol. The number of ether oxygens (including phenoxy) is 4. The van der Waals surface area contributed by atoms with E-state index in [0.717, 1.165) is 33.4 Å². The maximum Gasteiger partial charge on any atom is 0.407 e. The molecule has 0 saturated carbocycles. The van der Waals surface area contributed by atoms with E-state index in [4.69, 9.17) is 52.1 Å². The summed E-state index contributed by atoms with van der Waals surface area (Å²) in [5, 5.41) is 13.1. The van der Waals surface area contributed by atoms with Gasteiger partial charge in [0.05, 0.1) is 47.7 Å². The highest BCUT2D eigenvalue weighted by Gasteiger charge is 2.23. The number of alkyl carbamates (subject to hydrolysis) is 2. The Morgan fingerprint density at radius 1 is 0.688 bits per heavy atom. The molecule has 0 radical (unpaired) electrons. The van der Waals surface area contributed by atoms with Crippen molar-refractivity contribution in [2.24, 2.45) is 0 Å². The number of benzene rings is 2. The monoisotopic (exact) mass is 692 g/mol. The van der Waals surface area contributed by atoms with Crippen molar-refractivity contribution in [3.63, 3.8) is 0 Å². The predicted octanol–water partition coefficient (Wildman–Crippen LogP) is 5.20. The summed E-state index contributed by atoms with van der Waals surface area (Å²) in [7, 11) is 3.14. The van der Waals surface area contributed by atoms with Crippen LogP contribution in [-0.2, 0) is 22.6 Å². The largest absolute Gasteiger partial charge is 0.481 e. The minimum absolute atomic E-state index is 0.0860. The highest BCUT2D eigenvalue weighted by Crippen LogP contribution is 2.42. The van der Waals surface area contributed by atoms with Gasteiger partial charge in [-0.2, -0.15) is 0 Å². The van der Waals surface area contributed by atoms with Gasteiger partial charge in [-0.1, -0.05) is 71.7 Å². The summed E-state index contributed by atoms with van der Waals surface area (Å²) in [6.07, 6.45) is -0.809. The van der Waals surface area contributed by atoms with Gasteiger partial charge in [-0.05, 0) is 12.1 Å². The smallest absolute Gasteiger partial charge is 0.407 e. The van der Waals surface area contributed by atoms with Crippen molar-refractivity contribution < 1.29 is 28.5 Å². The summed E-state index contributed by atoms with van der Waals surface area (Å²) >= 11 is 14.1. The summed E-state index contributed by atoms with van der Waals surface area (Å²) in [6, 6.07) is 19.0. The molecule has 0 unspecified atom stereocenters. The molecule has 14 heteroatoms. The number of hydrogen-bond donors (Lipinski definition) is 4. The second kappa shape index (κ2) is 15.1. The van der Waals surface area contributed by atoms with Crippen LogP contribution in [0.4, 0.5) is 9.59 Å². The zero-order valence-electron chi connectivity index (χ0n) is 26.3. The summed E-state index contributed by atoms with van der Waals surface area (Å²) in [6.45, 7) is 2.74. The Bertz CT molecular complexity index is 1690. The van der Waals surface area contributed by atoms with Gasteiger partial charge in [-0.3, -0.25) is 0 Å². The standard InChI is InChI=1S/C34H34Cl2N6O6/c1-45-31-19(13-37-15-21-17-47-33(43)39-21)9-11-27(41-31)25-7-3-5-23(29(25)35)24-6-4-8-26(30(24)36)28-12-10-20(32(42-28)46-2)14-38-16-22-18-48-34(44)40-22/h3-12,21-22,37-38H,13-18H2,1-2H3,(H,39,43)(H,40,44)/t21-,22+. The first-order chi connectivity index (χ1) is 23.3. The van der Waals surface area contributed by atoms with Crippen LogP contribution in [0.3, 0.4) is 0 Å². The van der Waals surface area contributed by atoms with Crippen LogP contribution < -0.4 is 30.7 Å². The van der Waals surface area contributed by atoms with E-state index in [2.05, 4.69) is 21.3 Å². The first-order valence-corrected chi connectivity index (χ1v) is 16.0. The summed E-state index contributed by atoms with van der Waals surface area (Å²) in [5.74, 6) is 0.928. The Kier molecular flexibility index (Phi) is 10.5. The number of pyridine rings is 2. The van der Waals surface area contributed by atoms with Crippen LogP contribution in [0.15, 0.2) is 60.7 Å². The van der Waals surface area contributed by atoms with Crippen LogP contribution in [0, 0.1) is 0 Å². The molecule has 2 aromatic carbocycles. The first kappa shape index (κ1) is 33.3. The molecule has 2 fully saturated rings. The Morgan fingerprint density at radius 2 is 1.10 bits per heavy atom. The molecule has 2 atom stereocenters. The Morgan fingerprint density at radius 3 is 1.48 bits per heavy atom. The molecule has 0 aliphatic carbocycles. The fourth-order valence-corrected chi connectivity index (χ4v) is 6.22. The number of methoxy groups -OCH3 is 2. The van der Waals surface area contributed by atoms with Gasteiger partial charge in [-0.15, -0.1) is 0 Å². The lowest BCUT2D eigenvalue weighted by Crippen LogP contribution is -2.36. The van der Waals surface area contributed by atoms with Crippen LogP contribution in [0.5, 0.6) is 11.8 Å². The van der Waals surface area contributed by atoms with Crippen molar-refractivity contribution in [2.75, 3.05) is 40.5 Å². The number of cyclic esters (lactones) is 2. The van der Waals surface area contributed by atoms with Gasteiger partial charge in [0.25, 0.3) is 0 Å². The van der Waals surface area contributed by atoms with Crippen molar-refractivity contribution in [1.82, 2.24) is 31.2 Å². The topological polar surface area (TPSA) is 145 Å². The van der Waals surface area contributed by atoms with E-state index in [1.165, 1.54) is 0 Å². The average molecular weight is 694 g/mol. The molecule has 0 bridgehead atoms. The lowest BCUT2D eigenvalue weighted by molar-refractivity contribution is 0.176. The molecule has 250 valence electrons. The van der Waals surface area contributed by atoms with Crippen molar-refractivity contribution in [3.05, 3.63) is 81.8 Å². The summed E-state index contributed by atoms with van der Waals surface area (Å²) in [5.41, 5.74) is 5.93. The van der Waals surface area contributed by atoms with Crippen molar-refractivity contribution in [2.45, 2.75) is 25.2 Å². The number of hydrogen-bond acceptors (Lipinski definition) is 10. The number of nitrogens with one attached hydrogen (secondary N) is 4. The summed E-state index contributed by atoms with van der Waals surface area (Å²) < 4.78 is 21.1. The van der Waals surface area contributed by atoms with Gasteiger partial charge in [0, 0.05) is 59.6 Å². The normalized spacial score (nSPS) is 17.0. The van der Waals surface area contributed by atoms with Crippen LogP contribution in [-0.4, -0.2) is 74.8 Å². The zero-order chi connectivity index (χ0) is 33.6. The Balaban J connectivity index is 1.20. The molecule has 4 aromatic rings. The second-order valence-corrected chi connectivity index (χ2v) is 12.0. The summed E-state index contributed by atoms with van der Waals surface area (Å²) in [4.78, 5) is 32.1. The van der Waals surface area contributed by atoms with Crippen LogP contribution >= 0.6 is 23.2 Å². The molecule has 2 aliphatic rings. The Hall–Kier alpha value is -4.62. The van der Waals surface area contributed by atoms with Crippen LogP contribution in [0.1, 0.15) is 11.1 Å². The maximum absolute atomic E-state index is 11.3. The van der Waals surface area contributed by atoms with Gasteiger partial charge in [0.1, 0.15) is 13.2 Å². The van der Waals surface area contributed by atoms with Gasteiger partial charge in [0.2, 0.25) is 11.8 Å². The fraction of sp³-hybridized carbons (Fsp3) is 0.294. The van der Waals surface area contributed by atoms with E-state index < -0.39 is 12.2 Å². The van der Waals surface area contributed by atoms with E-state index >= 15 is 0 Å². The average Bonchev–Trinajstić information content (AvgIpc) is 3.72. The third-order valence-corrected chi connectivity index (χ3v) is 8.81. The lowest BCUT2D eigenvalue weighted by atomic mass is 9.98. The highest BCUT2D eigenvalue weighted by molar-refractivity contribution is 6.39. The fourth-order valence-electron chi connectivity index (χ4n) is 5.57. The number of nitrogens with zero attached hydrogens (tertiary/aromatic N) is 2. The molecule has 4 N–H and O–H groups in total. The lowest BCUT2D eigenvalue weighted by Gasteiger charge is -2.16. The van der Waals surface area contributed by atoms with E-state index in [1.807, 2.05) is 60.7 Å². The number of halogens is 2. The van der Waals surface area contributed by atoms with Gasteiger partial charge in [0.15, 0.2) is 0 Å². The van der Waals surface area contributed by atoms with Gasteiger partial charge >= 0.3 is 12.2 Å². The van der Waals surface area contributed by atoms with E-state index in [1.54, 1.807) is 14.2 Å². The maximum atomic E-state index is 11.3. The second-order valence-electron chi connectivity index (χ2n) is 11.2. The molecule has 2 aromatic heterocycles. The van der Waals surface area contributed by atoms with E-state index in [9.17, 15) is 9.59 Å². The highest BCUT2D eigenvalue weighted by atomic mass is 35.5. The molecule has 2 saturated heterocycles. The van der Waals surface area contributed by atoms with Gasteiger partial charge in [-0.25, -0.2) is 19.6 Å². The number of aromatic nitrogens is 2. The minimum atomic E-state index is -0.405. The number of amides is 2. The molecular formula is C34H34Cl2N6O6. The number of rotatable bonds is 13. The van der Waals surface area contributed by atoms with E-state index in [0.29, 0.717) is 72.6 Å². The quantitative estimate of drug-likeness (QED) is 0.148. The zero-order valence-corrected chi connectivity index (χ0v) is 27.8. The molecule has 2 amide bonds. The van der Waals surface area contributed by atoms with Crippen molar-refractivity contribution in [1.29, 1.82) is 0 Å². The Labute approximate surface area is 287 Å². The van der Waals surface area contributed by atoms with Crippen LogP contribution in [0.25, 0.3) is 33.6 Å².